The van der Waals surface area contributed by atoms with Gasteiger partial charge in [-0.2, -0.15) is 0 Å². The van der Waals surface area contributed by atoms with Gasteiger partial charge in [0.15, 0.2) is 0 Å². The smallest absolute Gasteiger partial charge is 0.00260 e. The highest BCUT2D eigenvalue weighted by Gasteiger charge is 1.95. The molecular weight excluding hydrogens is 204 g/mol. The summed E-state index contributed by atoms with van der Waals surface area (Å²) < 4.78 is 0. The van der Waals surface area contributed by atoms with Crippen molar-refractivity contribution < 1.29 is 0 Å². The molecule has 0 amide bonds. The van der Waals surface area contributed by atoms with Gasteiger partial charge in [0.25, 0.3) is 0 Å². The molecule has 0 nitrogen and oxygen atoms in total. The SMILES string of the molecule is C=C/C=C(\C=C)Cc1ccc(CC)cc1.CC. The minimum absolute atomic E-state index is 0.930. The van der Waals surface area contributed by atoms with Crippen LogP contribution in [0.3, 0.4) is 0 Å². The Morgan fingerprint density at radius 2 is 1.59 bits per heavy atom. The van der Waals surface area contributed by atoms with Gasteiger partial charge in [-0.1, -0.05) is 76.4 Å². The highest BCUT2D eigenvalue weighted by molar-refractivity contribution is 5.31. The molecule has 0 spiro atoms. The Morgan fingerprint density at radius 3 is 2.00 bits per heavy atom. The lowest BCUT2D eigenvalue weighted by Gasteiger charge is -2.03. The third kappa shape index (κ3) is 5.91. The lowest BCUT2D eigenvalue weighted by atomic mass is 10.0. The average Bonchev–Trinajstić information content (AvgIpc) is 2.41. The molecule has 0 saturated heterocycles. The molecule has 0 atom stereocenters. The van der Waals surface area contributed by atoms with Gasteiger partial charge in [-0.15, -0.1) is 0 Å². The maximum atomic E-state index is 3.79. The molecule has 17 heavy (non-hydrogen) atoms. The molecule has 0 saturated carbocycles. The van der Waals surface area contributed by atoms with Crippen molar-refractivity contribution in [2.75, 3.05) is 0 Å². The van der Waals surface area contributed by atoms with Crippen LogP contribution in [0.4, 0.5) is 0 Å². The molecule has 0 heteroatoms. The van der Waals surface area contributed by atoms with Crippen molar-refractivity contribution in [3.05, 3.63) is 72.4 Å². The fraction of sp³-hybridized carbons (Fsp3) is 0.294. The van der Waals surface area contributed by atoms with Gasteiger partial charge >= 0.3 is 0 Å². The molecule has 0 bridgehead atoms. The Bertz CT molecular complexity index is 352. The summed E-state index contributed by atoms with van der Waals surface area (Å²) in [5.41, 5.74) is 3.90. The van der Waals surface area contributed by atoms with E-state index in [1.165, 1.54) is 16.7 Å². The van der Waals surface area contributed by atoms with E-state index in [2.05, 4.69) is 44.3 Å². The van der Waals surface area contributed by atoms with Gasteiger partial charge < -0.3 is 0 Å². The summed E-state index contributed by atoms with van der Waals surface area (Å²) >= 11 is 0. The van der Waals surface area contributed by atoms with Gasteiger partial charge in [0, 0.05) is 0 Å². The molecule has 0 heterocycles. The van der Waals surface area contributed by atoms with Crippen LogP contribution in [-0.2, 0) is 12.8 Å². The number of hydrogen-bond donors (Lipinski definition) is 0. The van der Waals surface area contributed by atoms with Crippen LogP contribution < -0.4 is 0 Å². The molecule has 0 aliphatic carbocycles. The number of benzene rings is 1. The first kappa shape index (κ1) is 15.4. The molecule has 0 aromatic heterocycles. The molecule has 0 fully saturated rings. The highest BCUT2D eigenvalue weighted by atomic mass is 14.0. The van der Waals surface area contributed by atoms with E-state index in [1.807, 2.05) is 26.0 Å². The molecule has 0 aliphatic rings. The van der Waals surface area contributed by atoms with Gasteiger partial charge in [0.05, 0.1) is 0 Å². The van der Waals surface area contributed by atoms with Crippen LogP contribution in [0, 0.1) is 0 Å². The van der Waals surface area contributed by atoms with Gasteiger partial charge in [0.1, 0.15) is 0 Å². The lowest BCUT2D eigenvalue weighted by molar-refractivity contribution is 1.12. The number of rotatable bonds is 5. The van der Waals surface area contributed by atoms with Crippen molar-refractivity contribution in [3.8, 4) is 0 Å². The Balaban J connectivity index is 0.00000121. The molecule has 0 aliphatic heterocycles. The van der Waals surface area contributed by atoms with E-state index >= 15 is 0 Å². The van der Waals surface area contributed by atoms with Crippen molar-refractivity contribution in [1.29, 1.82) is 0 Å². The van der Waals surface area contributed by atoms with Gasteiger partial charge in [-0.3, -0.25) is 0 Å². The monoisotopic (exact) mass is 228 g/mol. The minimum atomic E-state index is 0.930. The predicted octanol–water partition coefficient (Wildman–Crippen LogP) is 5.12. The molecule has 0 radical (unpaired) electrons. The van der Waals surface area contributed by atoms with E-state index in [4.69, 9.17) is 0 Å². The zero-order valence-electron chi connectivity index (χ0n) is 11.4. The van der Waals surface area contributed by atoms with Crippen LogP contribution in [-0.4, -0.2) is 0 Å². The maximum Gasteiger partial charge on any atom is -0.00260 e. The van der Waals surface area contributed by atoms with Crippen molar-refractivity contribution in [2.24, 2.45) is 0 Å². The van der Waals surface area contributed by atoms with Gasteiger partial charge in [0.2, 0.25) is 0 Å². The number of aryl methyl sites for hydroxylation is 1. The number of allylic oxidation sites excluding steroid dienone is 4. The standard InChI is InChI=1S/C15H18.C2H6/c1-4-7-14(6-3)12-15-10-8-13(5-2)9-11-15;1-2/h4,6-11H,1,3,5,12H2,2H3;1-2H3/b14-7+;. The minimum Gasteiger partial charge on any atom is -0.0991 e. The summed E-state index contributed by atoms with van der Waals surface area (Å²) in [5.74, 6) is 0. The third-order valence-electron chi connectivity index (χ3n) is 2.43. The second-order valence-electron chi connectivity index (χ2n) is 3.53. The van der Waals surface area contributed by atoms with Crippen molar-refractivity contribution in [2.45, 2.75) is 33.6 Å². The van der Waals surface area contributed by atoms with Crippen molar-refractivity contribution in [1.82, 2.24) is 0 Å². The summed E-state index contributed by atoms with van der Waals surface area (Å²) in [7, 11) is 0. The largest absolute Gasteiger partial charge is 0.0991 e. The first-order valence-electron chi connectivity index (χ1n) is 6.32. The van der Waals surface area contributed by atoms with E-state index in [-0.39, 0.29) is 0 Å². The van der Waals surface area contributed by atoms with Crippen LogP contribution in [0.25, 0.3) is 0 Å². The molecule has 0 unspecified atom stereocenters. The van der Waals surface area contributed by atoms with E-state index < -0.39 is 0 Å². The highest BCUT2D eigenvalue weighted by Crippen LogP contribution is 2.11. The van der Waals surface area contributed by atoms with Crippen LogP contribution in [0.2, 0.25) is 0 Å². The molecule has 1 rings (SSSR count). The fourth-order valence-corrected chi connectivity index (χ4v) is 1.48. The summed E-state index contributed by atoms with van der Waals surface area (Å²) in [6, 6.07) is 8.73. The summed E-state index contributed by atoms with van der Waals surface area (Å²) in [6.45, 7) is 13.7. The zero-order chi connectivity index (χ0) is 13.1. The zero-order valence-corrected chi connectivity index (χ0v) is 11.4. The van der Waals surface area contributed by atoms with E-state index in [9.17, 15) is 0 Å². The Morgan fingerprint density at radius 1 is 1.06 bits per heavy atom. The van der Waals surface area contributed by atoms with Gasteiger partial charge in [-0.25, -0.2) is 0 Å². The second-order valence-corrected chi connectivity index (χ2v) is 3.53. The molecule has 0 N–H and O–H groups in total. The first-order valence-corrected chi connectivity index (χ1v) is 6.32. The Kier molecular flexibility index (Phi) is 8.77. The van der Waals surface area contributed by atoms with E-state index in [1.54, 1.807) is 6.08 Å². The molecular formula is C17H24. The van der Waals surface area contributed by atoms with Crippen LogP contribution in [0.5, 0.6) is 0 Å². The Hall–Kier alpha value is -1.56. The van der Waals surface area contributed by atoms with Crippen molar-refractivity contribution >= 4 is 0 Å². The topological polar surface area (TPSA) is 0 Å². The lowest BCUT2D eigenvalue weighted by Crippen LogP contribution is -1.88. The quantitative estimate of drug-likeness (QED) is 0.614. The normalized spacial score (nSPS) is 10.2. The summed E-state index contributed by atoms with van der Waals surface area (Å²) in [4.78, 5) is 0. The average molecular weight is 228 g/mol. The first-order chi connectivity index (χ1) is 8.30. The molecule has 1 aromatic rings. The second kappa shape index (κ2) is 9.65. The predicted molar refractivity (Wildman–Crippen MR) is 79.3 cm³/mol. The third-order valence-corrected chi connectivity index (χ3v) is 2.43. The van der Waals surface area contributed by atoms with Crippen LogP contribution in [0.1, 0.15) is 31.9 Å². The summed E-state index contributed by atoms with van der Waals surface area (Å²) in [6.07, 6.45) is 7.71. The number of hydrogen-bond acceptors (Lipinski definition) is 0. The van der Waals surface area contributed by atoms with Crippen LogP contribution in [0.15, 0.2) is 61.2 Å². The van der Waals surface area contributed by atoms with Crippen LogP contribution >= 0.6 is 0 Å². The molecule has 92 valence electrons. The van der Waals surface area contributed by atoms with E-state index in [0.29, 0.717) is 0 Å². The molecule has 1 aromatic carbocycles. The Labute approximate surface area is 106 Å². The van der Waals surface area contributed by atoms with Crippen molar-refractivity contribution in [3.63, 3.8) is 0 Å². The van der Waals surface area contributed by atoms with E-state index in [0.717, 1.165) is 12.8 Å². The summed E-state index contributed by atoms with van der Waals surface area (Å²) in [5, 5.41) is 0. The maximum absolute atomic E-state index is 3.79. The fourth-order valence-electron chi connectivity index (χ4n) is 1.48. The van der Waals surface area contributed by atoms with Gasteiger partial charge in [-0.05, 0) is 29.5 Å².